The first-order valence-corrected chi connectivity index (χ1v) is 8.66. The van der Waals surface area contributed by atoms with E-state index in [1.165, 1.54) is 64.2 Å². The zero-order valence-electron chi connectivity index (χ0n) is 14.5. The van der Waals surface area contributed by atoms with Crippen molar-refractivity contribution in [3.8, 4) is 0 Å². The number of carboxylic acids is 2. The minimum atomic E-state index is -1.17. The fourth-order valence-electron chi connectivity index (χ4n) is 2.00. The predicted octanol–water partition coefficient (Wildman–Crippen LogP) is 2.81. The third-order valence-corrected chi connectivity index (χ3v) is 3.21. The maximum absolute atomic E-state index is 9.66. The summed E-state index contributed by atoms with van der Waals surface area (Å²) >= 11 is 0. The van der Waals surface area contributed by atoms with Gasteiger partial charge in [0.25, 0.3) is 0 Å². The molecule has 0 aromatic rings. The van der Waals surface area contributed by atoms with Crippen molar-refractivity contribution in [1.82, 2.24) is 0 Å². The van der Waals surface area contributed by atoms with E-state index in [2.05, 4.69) is 11.7 Å². The number of aliphatic carboxylic acids is 2. The number of unbranched alkanes of at least 4 members (excludes halogenated alkanes) is 10. The van der Waals surface area contributed by atoms with E-state index in [0.29, 0.717) is 6.61 Å². The van der Waals surface area contributed by atoms with Crippen molar-refractivity contribution < 1.29 is 29.6 Å². The summed E-state index contributed by atoms with van der Waals surface area (Å²) < 4.78 is 4.16. The Balaban J connectivity index is -0.000000385. The molecule has 0 aliphatic heterocycles. The monoisotopic (exact) mass is 358 g/mol. The summed E-state index contributed by atoms with van der Waals surface area (Å²) in [7, 11) is 0. The van der Waals surface area contributed by atoms with Crippen LogP contribution in [0.1, 0.15) is 77.6 Å². The normalized spacial score (nSPS) is 9.58. The Morgan fingerprint density at radius 1 is 0.708 bits per heavy atom. The molecule has 0 radical (unpaired) electrons. The first-order chi connectivity index (χ1) is 11.0. The first kappa shape index (κ1) is 28.7. The Morgan fingerprint density at radius 2 is 1.04 bits per heavy atom. The van der Waals surface area contributed by atoms with Crippen LogP contribution in [0.15, 0.2) is 0 Å². The van der Waals surface area contributed by atoms with Gasteiger partial charge in [0.15, 0.2) is 0 Å². The van der Waals surface area contributed by atoms with Gasteiger partial charge in [-0.05, 0) is 6.42 Å². The van der Waals surface area contributed by atoms with Gasteiger partial charge in [-0.1, -0.05) is 71.1 Å². The van der Waals surface area contributed by atoms with Gasteiger partial charge in [-0.15, -0.1) is 0 Å². The van der Waals surface area contributed by atoms with E-state index in [4.69, 9.17) is 15.3 Å². The number of aliphatic hydroxyl groups excluding tert-OH is 1. The number of aliphatic hydroxyl groups is 1. The van der Waals surface area contributed by atoms with Crippen LogP contribution in [0.5, 0.6) is 0 Å². The van der Waals surface area contributed by atoms with Crippen LogP contribution in [-0.4, -0.2) is 76.6 Å². The zero-order chi connectivity index (χ0) is 17.8. The fraction of sp³-hybridized carbons (Fsp3) is 0.882. The molecule has 0 amide bonds. The van der Waals surface area contributed by atoms with Gasteiger partial charge in [0.2, 0.25) is 0 Å². The average Bonchev–Trinajstić information content (AvgIpc) is 2.49. The van der Waals surface area contributed by atoms with E-state index in [9.17, 15) is 9.59 Å². The average molecular weight is 358 g/mol. The molecule has 140 valence electrons. The van der Waals surface area contributed by atoms with Crippen LogP contribution < -0.4 is 0 Å². The van der Waals surface area contributed by atoms with Crippen molar-refractivity contribution in [3.05, 3.63) is 0 Å². The van der Waals surface area contributed by atoms with Gasteiger partial charge in [0, 0.05) is 6.61 Å². The molecule has 0 rings (SSSR count). The Labute approximate surface area is 168 Å². The summed E-state index contributed by atoms with van der Waals surface area (Å²) in [5, 5.41) is 24.4. The van der Waals surface area contributed by atoms with E-state index in [-0.39, 0.29) is 29.6 Å². The summed E-state index contributed by atoms with van der Waals surface area (Å²) in [5.74, 6) is -2.34. The Morgan fingerprint density at radius 3 is 1.33 bits per heavy atom. The predicted molar refractivity (Wildman–Crippen MR) is 96.8 cm³/mol. The van der Waals surface area contributed by atoms with Crippen molar-refractivity contribution >= 4 is 41.5 Å². The van der Waals surface area contributed by atoms with Crippen molar-refractivity contribution in [2.75, 3.05) is 19.8 Å². The Kier molecular flexibility index (Phi) is 30.0. The summed E-state index contributed by atoms with van der Waals surface area (Å²) in [5.41, 5.74) is 0. The molecule has 0 aliphatic carbocycles. The van der Waals surface area contributed by atoms with Crippen LogP contribution >= 0.6 is 0 Å². The second-order valence-electron chi connectivity index (χ2n) is 5.54. The van der Waals surface area contributed by atoms with Crippen molar-refractivity contribution in [1.29, 1.82) is 0 Å². The van der Waals surface area contributed by atoms with E-state index in [1.54, 1.807) is 0 Å². The number of ether oxygens (including phenoxy) is 1. The van der Waals surface area contributed by atoms with Gasteiger partial charge < -0.3 is 20.1 Å². The third kappa shape index (κ3) is 33.5. The van der Waals surface area contributed by atoms with Crippen molar-refractivity contribution in [3.63, 3.8) is 0 Å². The van der Waals surface area contributed by atoms with Crippen LogP contribution in [0.2, 0.25) is 0 Å². The van der Waals surface area contributed by atoms with Crippen LogP contribution in [0.3, 0.4) is 0 Å². The van der Waals surface area contributed by atoms with Gasteiger partial charge in [-0.3, -0.25) is 0 Å². The molecule has 0 spiro atoms. The molecule has 3 N–H and O–H groups in total. The molecule has 0 heterocycles. The van der Waals surface area contributed by atoms with Crippen LogP contribution in [-0.2, 0) is 14.3 Å². The number of carbonyl (C=O) groups is 2. The summed E-state index contributed by atoms with van der Waals surface area (Å²) in [6.45, 7) is 1.51. The van der Waals surface area contributed by atoms with Crippen LogP contribution in [0, 0.1) is 0 Å². The quantitative estimate of drug-likeness (QED) is 0.307. The van der Waals surface area contributed by atoms with E-state index in [0.717, 1.165) is 6.42 Å². The fourth-order valence-corrected chi connectivity index (χ4v) is 2.00. The second kappa shape index (κ2) is 25.1. The number of hydrogen-bond donors (Lipinski definition) is 3. The van der Waals surface area contributed by atoms with E-state index in [1.807, 2.05) is 0 Å². The van der Waals surface area contributed by atoms with E-state index >= 15 is 0 Å². The third-order valence-electron chi connectivity index (χ3n) is 3.21. The summed E-state index contributed by atoms with van der Waals surface area (Å²) in [6, 6.07) is 0. The first-order valence-electron chi connectivity index (χ1n) is 8.66. The molecule has 0 fully saturated rings. The molecule has 0 bridgehead atoms. The molecule has 0 atom stereocenters. The summed E-state index contributed by atoms with van der Waals surface area (Å²) in [4.78, 5) is 19.3. The van der Waals surface area contributed by atoms with E-state index < -0.39 is 25.2 Å². The van der Waals surface area contributed by atoms with Crippen LogP contribution in [0.4, 0.5) is 0 Å². The standard InChI is InChI=1S/C13H28O.C4H6O5.Na.H/c1-2-3-4-5-6-7-8-9-10-11-12-13-14;5-3(6)1-9-2-4(7)8;;/h14H,2-13H2,1H3;1-2H2,(H,5,6)(H,7,8);;. The SMILES string of the molecule is CCCCCCCCCCCCCO.O=C(O)COCC(=O)O.[NaH]. The van der Waals surface area contributed by atoms with Crippen molar-refractivity contribution in [2.45, 2.75) is 77.6 Å². The molecule has 0 aromatic heterocycles. The molecular weight excluding hydrogens is 323 g/mol. The Hall–Kier alpha value is -0.140. The zero-order valence-corrected chi connectivity index (χ0v) is 14.5. The number of carboxylic acid groups (broad SMARTS) is 2. The molecule has 6 nitrogen and oxygen atoms in total. The molecule has 0 saturated heterocycles. The molecule has 0 aliphatic rings. The number of rotatable bonds is 15. The molecular formula is C17H35NaO6. The van der Waals surface area contributed by atoms with Gasteiger partial charge in [0.05, 0.1) is 0 Å². The van der Waals surface area contributed by atoms with Crippen LogP contribution in [0.25, 0.3) is 0 Å². The van der Waals surface area contributed by atoms with Crippen molar-refractivity contribution in [2.24, 2.45) is 0 Å². The maximum atomic E-state index is 9.66. The topological polar surface area (TPSA) is 104 Å². The molecule has 7 heteroatoms. The number of hydrogen-bond acceptors (Lipinski definition) is 4. The minimum absolute atomic E-state index is 0. The van der Waals surface area contributed by atoms with Gasteiger partial charge >= 0.3 is 41.5 Å². The second-order valence-corrected chi connectivity index (χ2v) is 5.54. The molecule has 24 heavy (non-hydrogen) atoms. The molecule has 0 aromatic carbocycles. The molecule has 0 unspecified atom stereocenters. The van der Waals surface area contributed by atoms with Gasteiger partial charge in [-0.2, -0.15) is 0 Å². The van der Waals surface area contributed by atoms with Gasteiger partial charge in [0.1, 0.15) is 13.2 Å². The van der Waals surface area contributed by atoms with Gasteiger partial charge in [-0.25, -0.2) is 9.59 Å². The summed E-state index contributed by atoms with van der Waals surface area (Å²) in [6.07, 6.45) is 14.8. The Bertz CT molecular complexity index is 248. The molecule has 0 saturated carbocycles.